The Bertz CT molecular complexity index is 1300. The van der Waals surface area contributed by atoms with Gasteiger partial charge in [0.15, 0.2) is 0 Å². The average molecular weight is 776 g/mol. The van der Waals surface area contributed by atoms with Gasteiger partial charge in [-0.15, -0.1) is 0 Å². The number of primary amides is 1. The summed E-state index contributed by atoms with van der Waals surface area (Å²) in [6, 6.07) is 3.27. The van der Waals surface area contributed by atoms with Crippen LogP contribution < -0.4 is 21.7 Å². The second-order valence-corrected chi connectivity index (χ2v) is 10.9. The molecule has 1 aromatic carbocycles. The van der Waals surface area contributed by atoms with Crippen LogP contribution in [0.15, 0.2) is 18.2 Å². The Hall–Kier alpha value is -3.09. The predicted octanol–water partition coefficient (Wildman–Crippen LogP) is 0.670. The van der Waals surface area contributed by atoms with Crippen LogP contribution in [0.4, 0.5) is 0 Å². The summed E-state index contributed by atoms with van der Waals surface area (Å²) in [5.41, 5.74) is 8.68. The second kappa shape index (κ2) is 22.4. The molecule has 254 valence electrons. The molecule has 0 aliphatic carbocycles. The normalized spacial score (nSPS) is 12.3. The van der Waals surface area contributed by atoms with Crippen LogP contribution in [0.3, 0.4) is 0 Å². The van der Waals surface area contributed by atoms with Crippen LogP contribution in [-0.4, -0.2) is 111 Å². The zero-order valence-electron chi connectivity index (χ0n) is 25.6. The molecule has 2 aromatic rings. The molecule has 0 aliphatic heterocycles. The number of carbonyl (C=O) groups excluding carboxylic acids is 5. The molecule has 0 aliphatic rings. The van der Waals surface area contributed by atoms with Crippen molar-refractivity contribution in [3.63, 3.8) is 0 Å². The van der Waals surface area contributed by atoms with Crippen LogP contribution in [0.5, 0.6) is 0 Å². The molecule has 1 heterocycles. The Kier molecular flexibility index (Phi) is 19.1. The number of carbonyl (C=O) groups is 5. The Balaban J connectivity index is 1.47. The molecule has 4 amide bonds. The number of hydrogen-bond acceptors (Lipinski definition) is 11. The molecule has 0 unspecified atom stereocenters. The Labute approximate surface area is 283 Å². The fraction of sp³-hybridized carbons (Fsp3) is 0.552. The SMILES string of the molecule is C[C@@H](C=O)NC(=O)[C@H](CC(N)=O)NC(=O)CCOCCOCCOCCOCCNC(=O)c1ccc2nc(CBr)c(CBr)nc2c1. The fourth-order valence-corrected chi connectivity index (χ4v) is 4.68. The van der Waals surface area contributed by atoms with Crippen molar-refractivity contribution in [1.29, 1.82) is 0 Å². The van der Waals surface area contributed by atoms with Crippen molar-refractivity contribution in [3.05, 3.63) is 35.2 Å². The third-order valence-corrected chi connectivity index (χ3v) is 7.15. The van der Waals surface area contributed by atoms with E-state index in [-0.39, 0.29) is 32.1 Å². The maximum absolute atomic E-state index is 12.5. The molecule has 15 nitrogen and oxygen atoms in total. The van der Waals surface area contributed by atoms with Gasteiger partial charge < -0.3 is 45.4 Å². The molecule has 0 saturated carbocycles. The molecule has 0 bridgehead atoms. The summed E-state index contributed by atoms with van der Waals surface area (Å²) in [5, 5.41) is 8.77. The molecule has 0 spiro atoms. The number of halogens is 2. The van der Waals surface area contributed by atoms with E-state index in [9.17, 15) is 24.0 Å². The standard InChI is InChI=1S/C29H40Br2N6O9/c1-19(18-38)34-29(42)23(15-26(32)39)37-27(40)4-6-43-8-10-45-12-13-46-11-9-44-7-5-33-28(41)20-2-3-21-22(14-20)36-25(17-31)24(16-30)35-21/h2-3,14,18-19,23H,4-13,15-17H2,1H3,(H2,32,39)(H,33,41)(H,34,42)(H,37,40)/t19-,23-/m0/s1. The first kappa shape index (κ1) is 39.1. The van der Waals surface area contributed by atoms with Crippen LogP contribution in [0.1, 0.15) is 41.5 Å². The van der Waals surface area contributed by atoms with Crippen LogP contribution in [0, 0.1) is 0 Å². The van der Waals surface area contributed by atoms with Crippen molar-refractivity contribution in [1.82, 2.24) is 25.9 Å². The maximum Gasteiger partial charge on any atom is 0.251 e. The van der Waals surface area contributed by atoms with Gasteiger partial charge >= 0.3 is 0 Å². The lowest BCUT2D eigenvalue weighted by Crippen LogP contribution is -2.51. The number of nitrogens with one attached hydrogen (secondary N) is 3. The molecule has 5 N–H and O–H groups in total. The Morgan fingerprint density at radius 1 is 0.848 bits per heavy atom. The molecule has 0 saturated heterocycles. The minimum absolute atomic E-state index is 0.0475. The first-order chi connectivity index (χ1) is 22.2. The van der Waals surface area contributed by atoms with E-state index in [1.54, 1.807) is 18.2 Å². The van der Waals surface area contributed by atoms with E-state index in [1.165, 1.54) is 6.92 Å². The molecule has 46 heavy (non-hydrogen) atoms. The van der Waals surface area contributed by atoms with E-state index in [0.717, 1.165) is 16.9 Å². The van der Waals surface area contributed by atoms with Crippen LogP contribution in [-0.2, 0) is 48.8 Å². The van der Waals surface area contributed by atoms with Gasteiger partial charge in [0.25, 0.3) is 5.91 Å². The first-order valence-corrected chi connectivity index (χ1v) is 16.8. The van der Waals surface area contributed by atoms with E-state index in [2.05, 4.69) is 57.8 Å². The highest BCUT2D eigenvalue weighted by atomic mass is 79.9. The number of rotatable bonds is 24. The summed E-state index contributed by atoms with van der Waals surface area (Å²) < 4.78 is 21.7. The number of amides is 4. The predicted molar refractivity (Wildman–Crippen MR) is 174 cm³/mol. The van der Waals surface area contributed by atoms with Crippen molar-refractivity contribution in [2.75, 3.05) is 59.4 Å². The number of ether oxygens (including phenoxy) is 4. The molecule has 1 aromatic heterocycles. The van der Waals surface area contributed by atoms with Crippen LogP contribution in [0.25, 0.3) is 11.0 Å². The molecule has 2 rings (SSSR count). The van der Waals surface area contributed by atoms with E-state index in [0.29, 0.717) is 67.6 Å². The quantitative estimate of drug-likeness (QED) is 0.0662. The zero-order valence-corrected chi connectivity index (χ0v) is 28.7. The largest absolute Gasteiger partial charge is 0.379 e. The molecule has 0 radical (unpaired) electrons. The van der Waals surface area contributed by atoms with Gasteiger partial charge in [0.1, 0.15) is 12.3 Å². The van der Waals surface area contributed by atoms with Gasteiger partial charge in [-0.2, -0.15) is 0 Å². The van der Waals surface area contributed by atoms with Crippen LogP contribution >= 0.6 is 31.9 Å². The van der Waals surface area contributed by atoms with Crippen molar-refractivity contribution in [2.45, 2.75) is 42.5 Å². The number of aromatic nitrogens is 2. The molecular formula is C29H40Br2N6O9. The topological polar surface area (TPSA) is 210 Å². The van der Waals surface area contributed by atoms with Crippen molar-refractivity contribution < 1.29 is 42.9 Å². The van der Waals surface area contributed by atoms with Gasteiger partial charge in [-0.05, 0) is 25.1 Å². The van der Waals surface area contributed by atoms with E-state index < -0.39 is 36.2 Å². The summed E-state index contributed by atoms with van der Waals surface area (Å²) >= 11 is 6.84. The molecule has 0 fully saturated rings. The number of nitrogens with two attached hydrogens (primary N) is 1. The smallest absolute Gasteiger partial charge is 0.251 e. The summed E-state index contributed by atoms with van der Waals surface area (Å²) in [4.78, 5) is 67.9. The molecule has 2 atom stereocenters. The summed E-state index contributed by atoms with van der Waals surface area (Å²) in [6.07, 6.45) is 0.0780. The van der Waals surface area contributed by atoms with Gasteiger partial charge in [0.05, 0.1) is 87.7 Å². The van der Waals surface area contributed by atoms with Gasteiger partial charge in [0, 0.05) is 29.2 Å². The highest BCUT2D eigenvalue weighted by Crippen LogP contribution is 2.18. The third kappa shape index (κ3) is 15.0. The Morgan fingerprint density at radius 2 is 1.41 bits per heavy atom. The lowest BCUT2D eigenvalue weighted by Gasteiger charge is -2.18. The molecule has 17 heteroatoms. The number of hydrogen-bond donors (Lipinski definition) is 4. The summed E-state index contributed by atoms with van der Waals surface area (Å²) in [5.74, 6) is -2.18. The summed E-state index contributed by atoms with van der Waals surface area (Å²) in [7, 11) is 0. The van der Waals surface area contributed by atoms with Crippen LogP contribution in [0.2, 0.25) is 0 Å². The Morgan fingerprint density at radius 3 is 1.98 bits per heavy atom. The molecular weight excluding hydrogens is 736 g/mol. The summed E-state index contributed by atoms with van der Waals surface area (Å²) in [6.45, 7) is 4.15. The number of fused-ring (bicyclic) bond motifs is 1. The lowest BCUT2D eigenvalue weighted by atomic mass is 10.1. The van der Waals surface area contributed by atoms with Gasteiger partial charge in [-0.3, -0.25) is 19.2 Å². The first-order valence-electron chi connectivity index (χ1n) is 14.5. The van der Waals surface area contributed by atoms with E-state index >= 15 is 0 Å². The second-order valence-electron chi connectivity index (χ2n) is 9.77. The zero-order chi connectivity index (χ0) is 33.7. The number of benzene rings is 1. The number of nitrogens with zero attached hydrogens (tertiary/aromatic N) is 2. The minimum Gasteiger partial charge on any atom is -0.379 e. The van der Waals surface area contributed by atoms with E-state index in [1.807, 2.05) is 0 Å². The minimum atomic E-state index is -1.18. The number of alkyl halides is 2. The number of aldehydes is 1. The highest BCUT2D eigenvalue weighted by Gasteiger charge is 2.23. The van der Waals surface area contributed by atoms with Gasteiger partial charge in [-0.25, -0.2) is 9.97 Å². The van der Waals surface area contributed by atoms with Crippen molar-refractivity contribution in [2.24, 2.45) is 5.73 Å². The van der Waals surface area contributed by atoms with Gasteiger partial charge in [0.2, 0.25) is 17.7 Å². The lowest BCUT2D eigenvalue weighted by molar-refractivity contribution is -0.132. The van der Waals surface area contributed by atoms with Crippen molar-refractivity contribution in [3.8, 4) is 0 Å². The maximum atomic E-state index is 12.5. The third-order valence-electron chi connectivity index (χ3n) is 6.09. The van der Waals surface area contributed by atoms with E-state index in [4.69, 9.17) is 24.7 Å². The fourth-order valence-electron chi connectivity index (χ4n) is 3.78. The average Bonchev–Trinajstić information content (AvgIpc) is 3.04. The monoisotopic (exact) mass is 774 g/mol. The van der Waals surface area contributed by atoms with Gasteiger partial charge in [-0.1, -0.05) is 31.9 Å². The van der Waals surface area contributed by atoms with Crippen molar-refractivity contribution >= 4 is 72.8 Å². The highest BCUT2D eigenvalue weighted by molar-refractivity contribution is 9.09.